The second-order valence-corrected chi connectivity index (χ2v) is 9.53. The largest absolute Gasteiger partial charge is 0.496 e. The van der Waals surface area contributed by atoms with Crippen LogP contribution < -0.4 is 15.4 Å². The monoisotopic (exact) mass is 435 g/mol. The number of carbonyl (C=O) groups is 1. The number of fused-ring (bicyclic) bond motifs is 2. The van der Waals surface area contributed by atoms with E-state index >= 15 is 0 Å². The van der Waals surface area contributed by atoms with Gasteiger partial charge in [0.15, 0.2) is 5.16 Å². The number of carbonyl (C=O) groups excluding carboxylic acids is 1. The number of benzene rings is 1. The van der Waals surface area contributed by atoms with Crippen molar-refractivity contribution in [3.63, 3.8) is 0 Å². The van der Waals surface area contributed by atoms with E-state index in [0.29, 0.717) is 18.2 Å². The fraction of sp³-hybridized carbons (Fsp3) is 0.389. The predicted octanol–water partition coefficient (Wildman–Crippen LogP) is 0.958. The summed E-state index contributed by atoms with van der Waals surface area (Å²) in [5, 5.41) is 0.684. The van der Waals surface area contributed by atoms with Gasteiger partial charge < -0.3 is 15.4 Å². The van der Waals surface area contributed by atoms with Gasteiger partial charge in [0.2, 0.25) is 10.0 Å². The molecule has 0 saturated carbocycles. The van der Waals surface area contributed by atoms with Gasteiger partial charge >= 0.3 is 0 Å². The summed E-state index contributed by atoms with van der Waals surface area (Å²) in [6.07, 6.45) is 4.43. The lowest BCUT2D eigenvalue weighted by Gasteiger charge is -2.55. The van der Waals surface area contributed by atoms with Crippen LogP contribution in [0.1, 0.15) is 16.8 Å². The van der Waals surface area contributed by atoms with E-state index < -0.39 is 15.9 Å². The number of aromatic nitrogens is 2. The maximum Gasteiger partial charge on any atom is 0.252 e. The van der Waals surface area contributed by atoms with Crippen molar-refractivity contribution in [2.24, 2.45) is 5.73 Å². The number of sulfonamides is 1. The van der Waals surface area contributed by atoms with Crippen LogP contribution in [-0.2, 0) is 10.0 Å². The van der Waals surface area contributed by atoms with Crippen molar-refractivity contribution in [1.82, 2.24) is 14.3 Å². The molecule has 3 aliphatic rings. The van der Waals surface area contributed by atoms with Crippen LogP contribution in [0, 0.1) is 0 Å². The van der Waals surface area contributed by atoms with Gasteiger partial charge in [-0.3, -0.25) is 4.79 Å². The number of methoxy groups -OCH3 is 1. The molecule has 3 saturated heterocycles. The number of thioether (sulfide) groups is 1. The number of piperidine rings is 1. The minimum Gasteiger partial charge on any atom is -0.496 e. The Balaban J connectivity index is 1.58. The van der Waals surface area contributed by atoms with Crippen LogP contribution in [0.4, 0.5) is 5.82 Å². The Kier molecular flexibility index (Phi) is 5.13. The summed E-state index contributed by atoms with van der Waals surface area (Å²) in [7, 11) is -2.35. The molecule has 4 heterocycles. The second-order valence-electron chi connectivity index (χ2n) is 6.91. The Hall–Kier alpha value is -2.37. The summed E-state index contributed by atoms with van der Waals surface area (Å²) < 4.78 is 33.1. The van der Waals surface area contributed by atoms with Gasteiger partial charge in [0.1, 0.15) is 11.6 Å². The van der Waals surface area contributed by atoms with Crippen molar-refractivity contribution in [1.29, 1.82) is 0 Å². The Morgan fingerprint density at radius 1 is 1.28 bits per heavy atom. The molecular formula is C18H21N5O4S2. The lowest BCUT2D eigenvalue weighted by Crippen LogP contribution is -2.70. The number of primary amides is 1. The predicted molar refractivity (Wildman–Crippen MR) is 109 cm³/mol. The normalized spacial score (nSPS) is 21.5. The molecule has 9 nitrogen and oxygen atoms in total. The van der Waals surface area contributed by atoms with Crippen LogP contribution in [0.2, 0.25) is 0 Å². The van der Waals surface area contributed by atoms with E-state index in [1.165, 1.54) is 41.4 Å². The van der Waals surface area contributed by atoms with E-state index in [0.717, 1.165) is 12.2 Å². The van der Waals surface area contributed by atoms with E-state index in [1.54, 1.807) is 6.20 Å². The molecule has 5 rings (SSSR count). The third-order valence-electron chi connectivity index (χ3n) is 5.26. The number of amides is 1. The van der Waals surface area contributed by atoms with Gasteiger partial charge in [0, 0.05) is 31.4 Å². The Morgan fingerprint density at radius 3 is 2.62 bits per heavy atom. The van der Waals surface area contributed by atoms with E-state index in [2.05, 4.69) is 14.9 Å². The summed E-state index contributed by atoms with van der Waals surface area (Å²) >= 11 is 1.46. The van der Waals surface area contributed by atoms with Gasteiger partial charge in [-0.15, -0.1) is 0 Å². The van der Waals surface area contributed by atoms with Gasteiger partial charge in [0.25, 0.3) is 5.91 Å². The first-order valence-electron chi connectivity index (χ1n) is 8.98. The van der Waals surface area contributed by atoms with Crippen LogP contribution >= 0.6 is 11.8 Å². The highest BCUT2D eigenvalue weighted by atomic mass is 32.2. The average molecular weight is 436 g/mol. The highest BCUT2D eigenvalue weighted by Crippen LogP contribution is 2.39. The van der Waals surface area contributed by atoms with E-state index in [1.807, 2.05) is 12.3 Å². The van der Waals surface area contributed by atoms with Gasteiger partial charge in [-0.2, -0.15) is 4.31 Å². The average Bonchev–Trinajstić information content (AvgIpc) is 2.72. The van der Waals surface area contributed by atoms with Gasteiger partial charge in [0.05, 0.1) is 17.6 Å². The molecule has 2 unspecified atom stereocenters. The molecule has 2 bridgehead atoms. The van der Waals surface area contributed by atoms with Crippen LogP contribution in [0.3, 0.4) is 0 Å². The van der Waals surface area contributed by atoms with E-state index in [9.17, 15) is 13.2 Å². The first-order chi connectivity index (χ1) is 13.8. The minimum atomic E-state index is -3.75. The molecule has 11 heteroatoms. The zero-order valence-electron chi connectivity index (χ0n) is 16.0. The number of anilines is 1. The molecule has 2 N–H and O–H groups in total. The second kappa shape index (κ2) is 7.47. The topological polar surface area (TPSA) is 119 Å². The smallest absolute Gasteiger partial charge is 0.252 e. The molecule has 0 spiro atoms. The Labute approximate surface area is 173 Å². The van der Waals surface area contributed by atoms with Crippen LogP contribution in [0.5, 0.6) is 5.75 Å². The number of hydrogen-bond donors (Lipinski definition) is 1. The zero-order chi connectivity index (χ0) is 20.8. The summed E-state index contributed by atoms with van der Waals surface area (Å²) in [4.78, 5) is 22.5. The molecule has 3 aliphatic heterocycles. The molecule has 1 amide bonds. The van der Waals surface area contributed by atoms with Crippen molar-refractivity contribution in [2.75, 3.05) is 31.4 Å². The molecule has 1 aromatic heterocycles. The van der Waals surface area contributed by atoms with Crippen molar-refractivity contribution < 1.29 is 17.9 Å². The number of rotatable bonds is 6. The molecule has 0 radical (unpaired) electrons. The van der Waals surface area contributed by atoms with Crippen LogP contribution in [-0.4, -0.2) is 67.1 Å². The maximum absolute atomic E-state index is 13.2. The van der Waals surface area contributed by atoms with E-state index in [4.69, 9.17) is 10.5 Å². The third kappa shape index (κ3) is 3.43. The molecule has 154 valence electrons. The minimum absolute atomic E-state index is 0.0435. The first kappa shape index (κ1) is 19.9. The number of ether oxygens (including phenoxy) is 1. The highest BCUT2D eigenvalue weighted by Gasteiger charge is 2.51. The van der Waals surface area contributed by atoms with Crippen molar-refractivity contribution in [2.45, 2.75) is 28.6 Å². The molecular weight excluding hydrogens is 414 g/mol. The Morgan fingerprint density at radius 2 is 2.00 bits per heavy atom. The quantitative estimate of drug-likeness (QED) is 0.526. The van der Waals surface area contributed by atoms with E-state index in [-0.39, 0.29) is 28.3 Å². The van der Waals surface area contributed by atoms with Gasteiger partial charge in [-0.25, -0.2) is 18.4 Å². The fourth-order valence-electron chi connectivity index (χ4n) is 3.92. The SMILES string of the molecule is COc1ccc(S(=O)(=O)N2C3CC2CN(c2ccnc(SC)n2)C3)cc1C(N)=O. The summed E-state index contributed by atoms with van der Waals surface area (Å²) in [6, 6.07) is 5.74. The number of nitrogens with two attached hydrogens (primary N) is 1. The van der Waals surface area contributed by atoms with Crippen LogP contribution in [0.15, 0.2) is 40.5 Å². The number of hydrogen-bond acceptors (Lipinski definition) is 8. The highest BCUT2D eigenvalue weighted by molar-refractivity contribution is 7.98. The van der Waals surface area contributed by atoms with Crippen molar-refractivity contribution >= 4 is 33.5 Å². The zero-order valence-corrected chi connectivity index (χ0v) is 17.6. The summed E-state index contributed by atoms with van der Waals surface area (Å²) in [6.45, 7) is 1.11. The molecule has 2 atom stereocenters. The summed E-state index contributed by atoms with van der Waals surface area (Å²) in [5.74, 6) is 0.318. The molecule has 2 aromatic rings. The fourth-order valence-corrected chi connectivity index (χ4v) is 6.11. The molecule has 3 fully saturated rings. The molecule has 29 heavy (non-hydrogen) atoms. The number of piperazine rings is 1. The van der Waals surface area contributed by atoms with Crippen LogP contribution in [0.25, 0.3) is 0 Å². The maximum atomic E-state index is 13.2. The van der Waals surface area contributed by atoms with Gasteiger partial charge in [-0.05, 0) is 36.9 Å². The lowest BCUT2D eigenvalue weighted by atomic mass is 9.91. The Bertz CT molecular complexity index is 1050. The summed E-state index contributed by atoms with van der Waals surface area (Å²) in [5.41, 5.74) is 5.42. The molecule has 0 aliphatic carbocycles. The third-order valence-corrected chi connectivity index (χ3v) is 7.83. The van der Waals surface area contributed by atoms with Crippen molar-refractivity contribution in [3.05, 3.63) is 36.0 Å². The van der Waals surface area contributed by atoms with Gasteiger partial charge in [-0.1, -0.05) is 11.8 Å². The standard InChI is InChI=1S/C18H21N5O4S2/c1-27-15-4-3-13(8-14(15)17(19)24)29(25,26)23-11-7-12(23)10-22(9-11)16-5-6-20-18(21-16)28-2/h3-6,8,11-12H,7,9-10H2,1-2H3,(H2,19,24). The van der Waals surface area contributed by atoms with Crippen molar-refractivity contribution in [3.8, 4) is 5.75 Å². The molecule has 1 aromatic carbocycles. The number of nitrogens with zero attached hydrogens (tertiary/aromatic N) is 4. The lowest BCUT2D eigenvalue weighted by molar-refractivity contribution is 0.0874. The first-order valence-corrected chi connectivity index (χ1v) is 11.6.